The van der Waals surface area contributed by atoms with Crippen LogP contribution in [0, 0.1) is 0 Å². The summed E-state index contributed by atoms with van der Waals surface area (Å²) >= 11 is 11.8. The molecule has 0 saturated heterocycles. The molecule has 0 fully saturated rings. The van der Waals surface area contributed by atoms with Gasteiger partial charge in [-0.25, -0.2) is 0 Å². The predicted molar refractivity (Wildman–Crippen MR) is 73.6 cm³/mol. The van der Waals surface area contributed by atoms with Gasteiger partial charge in [0, 0.05) is 11.1 Å². The molecule has 0 aliphatic rings. The molecule has 2 aromatic carbocycles. The minimum atomic E-state index is -4.85. The lowest BCUT2D eigenvalue weighted by atomic mass is 10.0. The van der Waals surface area contributed by atoms with Gasteiger partial charge in [-0.2, -0.15) is 0 Å². The van der Waals surface area contributed by atoms with Crippen LogP contribution in [0.1, 0.15) is 17.2 Å². The van der Waals surface area contributed by atoms with Gasteiger partial charge < -0.3 is 9.84 Å². The molecular formula is C14H9Cl2F3O2. The zero-order chi connectivity index (χ0) is 15.6. The molecule has 1 atom stereocenters. The molecule has 0 saturated carbocycles. The van der Waals surface area contributed by atoms with Crippen LogP contribution >= 0.6 is 23.2 Å². The molecule has 2 nitrogen and oxygen atoms in total. The lowest BCUT2D eigenvalue weighted by molar-refractivity contribution is -0.275. The second-order valence-electron chi connectivity index (χ2n) is 4.13. The molecule has 7 heteroatoms. The van der Waals surface area contributed by atoms with Crippen molar-refractivity contribution in [2.75, 3.05) is 0 Å². The number of aliphatic hydroxyl groups excluding tert-OH is 1. The number of para-hydroxylation sites is 1. The van der Waals surface area contributed by atoms with Crippen molar-refractivity contribution in [2.45, 2.75) is 12.5 Å². The van der Waals surface area contributed by atoms with Crippen LogP contribution in [0.3, 0.4) is 0 Å². The van der Waals surface area contributed by atoms with Crippen LogP contribution in [0.2, 0.25) is 10.0 Å². The van der Waals surface area contributed by atoms with Crippen LogP contribution in [-0.2, 0) is 0 Å². The van der Waals surface area contributed by atoms with E-state index >= 15 is 0 Å². The highest BCUT2D eigenvalue weighted by atomic mass is 35.5. The molecule has 0 amide bonds. The van der Waals surface area contributed by atoms with Crippen molar-refractivity contribution < 1.29 is 23.0 Å². The Balaban J connectivity index is 2.44. The predicted octanol–water partition coefficient (Wildman–Crippen LogP) is 4.97. The van der Waals surface area contributed by atoms with Gasteiger partial charge in [0.1, 0.15) is 11.9 Å². The zero-order valence-corrected chi connectivity index (χ0v) is 11.9. The maximum atomic E-state index is 12.4. The maximum absolute atomic E-state index is 12.4. The van der Waals surface area contributed by atoms with Gasteiger partial charge in [-0.05, 0) is 12.1 Å². The van der Waals surface area contributed by atoms with E-state index in [-0.39, 0.29) is 21.2 Å². The van der Waals surface area contributed by atoms with Gasteiger partial charge in [0.05, 0.1) is 10.0 Å². The third kappa shape index (κ3) is 3.81. The van der Waals surface area contributed by atoms with E-state index in [0.29, 0.717) is 0 Å². The van der Waals surface area contributed by atoms with Crippen molar-refractivity contribution in [3.8, 4) is 5.75 Å². The fraction of sp³-hybridized carbons (Fsp3) is 0.143. The number of alkyl halides is 3. The average molecular weight is 337 g/mol. The van der Waals surface area contributed by atoms with Gasteiger partial charge in [0.25, 0.3) is 0 Å². The molecule has 0 heterocycles. The molecule has 0 aromatic heterocycles. The first kappa shape index (κ1) is 15.9. The largest absolute Gasteiger partial charge is 0.573 e. The molecule has 21 heavy (non-hydrogen) atoms. The number of rotatable bonds is 3. The van der Waals surface area contributed by atoms with E-state index in [1.807, 2.05) is 0 Å². The summed E-state index contributed by atoms with van der Waals surface area (Å²) in [4.78, 5) is 0. The fourth-order valence-corrected chi connectivity index (χ4v) is 2.23. The molecule has 0 aliphatic heterocycles. The van der Waals surface area contributed by atoms with Crippen molar-refractivity contribution in [3.05, 3.63) is 63.6 Å². The standard InChI is InChI=1S/C14H9Cl2F3O2/c15-10-6-3-5-9(12(10)16)13(20)8-4-1-2-7-11(8)21-14(17,18)19/h1-7,13,20H. The van der Waals surface area contributed by atoms with E-state index in [0.717, 1.165) is 6.07 Å². The number of aliphatic hydroxyl groups is 1. The SMILES string of the molecule is OC(c1ccccc1OC(F)(F)F)c1cccc(Cl)c1Cl. The summed E-state index contributed by atoms with van der Waals surface area (Å²) in [5, 5.41) is 10.6. The monoisotopic (exact) mass is 336 g/mol. The topological polar surface area (TPSA) is 29.5 Å². The van der Waals surface area contributed by atoms with Gasteiger partial charge >= 0.3 is 6.36 Å². The van der Waals surface area contributed by atoms with Crippen molar-refractivity contribution >= 4 is 23.2 Å². The Hall–Kier alpha value is -1.43. The quantitative estimate of drug-likeness (QED) is 0.857. The summed E-state index contributed by atoms with van der Waals surface area (Å²) in [7, 11) is 0. The average Bonchev–Trinajstić information content (AvgIpc) is 2.40. The van der Waals surface area contributed by atoms with Crippen molar-refractivity contribution in [3.63, 3.8) is 0 Å². The Morgan fingerprint density at radius 3 is 2.24 bits per heavy atom. The summed E-state index contributed by atoms with van der Waals surface area (Å²) in [5.41, 5.74) is 0.140. The Morgan fingerprint density at radius 2 is 1.57 bits per heavy atom. The van der Waals surface area contributed by atoms with Crippen molar-refractivity contribution in [1.29, 1.82) is 0 Å². The van der Waals surface area contributed by atoms with E-state index in [1.54, 1.807) is 6.07 Å². The second kappa shape index (κ2) is 6.13. The van der Waals surface area contributed by atoms with Crippen molar-refractivity contribution in [2.24, 2.45) is 0 Å². The van der Waals surface area contributed by atoms with E-state index in [2.05, 4.69) is 4.74 Å². The lowest BCUT2D eigenvalue weighted by Crippen LogP contribution is -2.19. The molecular weight excluding hydrogens is 328 g/mol. The van der Waals surface area contributed by atoms with Crippen LogP contribution < -0.4 is 4.74 Å². The molecule has 0 aliphatic carbocycles. The van der Waals surface area contributed by atoms with Crippen LogP contribution in [0.15, 0.2) is 42.5 Å². The first-order chi connectivity index (χ1) is 9.79. The van der Waals surface area contributed by atoms with E-state index in [9.17, 15) is 18.3 Å². The maximum Gasteiger partial charge on any atom is 0.573 e. The normalized spacial score (nSPS) is 13.0. The molecule has 2 rings (SSSR count). The number of benzene rings is 2. The fourth-order valence-electron chi connectivity index (χ4n) is 1.82. The minimum absolute atomic E-state index is 0.0565. The van der Waals surface area contributed by atoms with Crippen LogP contribution in [0.25, 0.3) is 0 Å². The van der Waals surface area contributed by atoms with Crippen LogP contribution in [0.4, 0.5) is 13.2 Å². The summed E-state index contributed by atoms with van der Waals surface area (Å²) in [5.74, 6) is -0.492. The highest BCUT2D eigenvalue weighted by Crippen LogP contribution is 2.37. The molecule has 0 spiro atoms. The van der Waals surface area contributed by atoms with Gasteiger partial charge in [-0.3, -0.25) is 0 Å². The summed E-state index contributed by atoms with van der Waals surface area (Å²) in [6.45, 7) is 0. The van der Waals surface area contributed by atoms with Gasteiger partial charge in [-0.15, -0.1) is 13.2 Å². The van der Waals surface area contributed by atoms with Crippen LogP contribution in [0.5, 0.6) is 5.75 Å². The van der Waals surface area contributed by atoms with Gasteiger partial charge in [0.15, 0.2) is 0 Å². The molecule has 0 bridgehead atoms. The number of hydrogen-bond acceptors (Lipinski definition) is 2. The van der Waals surface area contributed by atoms with Gasteiger partial charge in [0.2, 0.25) is 0 Å². The number of hydrogen-bond donors (Lipinski definition) is 1. The Morgan fingerprint density at radius 1 is 0.952 bits per heavy atom. The smallest absolute Gasteiger partial charge is 0.405 e. The highest BCUT2D eigenvalue weighted by Gasteiger charge is 2.33. The number of ether oxygens (including phenoxy) is 1. The molecule has 0 radical (unpaired) electrons. The summed E-state index contributed by atoms with van der Waals surface area (Å²) < 4.78 is 41.0. The summed E-state index contributed by atoms with van der Waals surface area (Å²) in [6.07, 6.45) is -6.25. The van der Waals surface area contributed by atoms with Crippen LogP contribution in [-0.4, -0.2) is 11.5 Å². The first-order valence-corrected chi connectivity index (χ1v) is 6.52. The summed E-state index contributed by atoms with van der Waals surface area (Å²) in [6, 6.07) is 9.83. The minimum Gasteiger partial charge on any atom is -0.405 e. The molecule has 1 unspecified atom stereocenters. The third-order valence-corrected chi connectivity index (χ3v) is 3.55. The number of halogens is 5. The van der Waals surface area contributed by atoms with E-state index in [4.69, 9.17) is 23.2 Å². The lowest BCUT2D eigenvalue weighted by Gasteiger charge is -2.18. The Labute approximate surface area is 128 Å². The highest BCUT2D eigenvalue weighted by molar-refractivity contribution is 6.42. The second-order valence-corrected chi connectivity index (χ2v) is 4.92. The van der Waals surface area contributed by atoms with Gasteiger partial charge in [-0.1, -0.05) is 53.5 Å². The Bertz CT molecular complexity index is 644. The van der Waals surface area contributed by atoms with E-state index in [1.165, 1.54) is 30.3 Å². The zero-order valence-electron chi connectivity index (χ0n) is 10.4. The molecule has 112 valence electrons. The Kier molecular flexibility index (Phi) is 4.66. The molecule has 2 aromatic rings. The third-order valence-electron chi connectivity index (χ3n) is 2.72. The first-order valence-electron chi connectivity index (χ1n) is 5.76. The molecule has 1 N–H and O–H groups in total. The van der Waals surface area contributed by atoms with E-state index < -0.39 is 18.2 Å². The van der Waals surface area contributed by atoms with Crippen molar-refractivity contribution in [1.82, 2.24) is 0 Å².